The molecule has 0 saturated carbocycles. The van der Waals surface area contributed by atoms with E-state index in [0.717, 1.165) is 6.42 Å². The number of nitrogens with two attached hydrogens (primary N) is 1. The Kier molecular flexibility index (Phi) is 5.59. The van der Waals surface area contributed by atoms with Gasteiger partial charge in [-0.3, -0.25) is 0 Å². The van der Waals surface area contributed by atoms with Crippen LogP contribution >= 0.6 is 0 Å². The molecule has 0 fully saturated rings. The van der Waals surface area contributed by atoms with Crippen molar-refractivity contribution in [1.82, 2.24) is 0 Å². The number of halogens is 1. The van der Waals surface area contributed by atoms with E-state index < -0.39 is 0 Å². The molecule has 2 nitrogen and oxygen atoms in total. The number of benzene rings is 1. The number of hydrogen-bond acceptors (Lipinski definition) is 2. The van der Waals surface area contributed by atoms with Crippen LogP contribution in [-0.2, 0) is 6.42 Å². The van der Waals surface area contributed by atoms with Gasteiger partial charge in [-0.2, -0.15) is 0 Å². The van der Waals surface area contributed by atoms with Gasteiger partial charge in [-0.25, -0.2) is 4.39 Å². The first-order valence-electron chi connectivity index (χ1n) is 6.14. The Bertz CT molecular complexity index is 341. The highest BCUT2D eigenvalue weighted by molar-refractivity contribution is 5.18. The van der Waals surface area contributed by atoms with Crippen LogP contribution in [0.15, 0.2) is 24.3 Å². The first-order chi connectivity index (χ1) is 8.04. The zero-order valence-electron chi connectivity index (χ0n) is 10.6. The van der Waals surface area contributed by atoms with Gasteiger partial charge in [-0.05, 0) is 36.3 Å². The number of hydrogen-bond donors (Lipinski definition) is 2. The maximum atomic E-state index is 13.4. The van der Waals surface area contributed by atoms with Gasteiger partial charge in [0.1, 0.15) is 5.82 Å². The molecule has 0 bridgehead atoms. The predicted octanol–water partition coefficient (Wildman–Crippen LogP) is 2.35. The largest absolute Gasteiger partial charge is 0.396 e. The Labute approximate surface area is 103 Å². The van der Waals surface area contributed by atoms with Gasteiger partial charge in [0.15, 0.2) is 0 Å². The van der Waals surface area contributed by atoms with E-state index >= 15 is 0 Å². The van der Waals surface area contributed by atoms with Gasteiger partial charge in [-0.1, -0.05) is 32.0 Å². The predicted molar refractivity (Wildman–Crippen MR) is 68.1 cm³/mol. The highest BCUT2D eigenvalue weighted by Crippen LogP contribution is 2.18. The van der Waals surface area contributed by atoms with Crippen LogP contribution in [0, 0.1) is 17.7 Å². The van der Waals surface area contributed by atoms with Gasteiger partial charge in [0.2, 0.25) is 0 Å². The molecule has 0 aliphatic heterocycles. The molecule has 1 rings (SSSR count). The minimum absolute atomic E-state index is 0.105. The van der Waals surface area contributed by atoms with E-state index in [4.69, 9.17) is 5.73 Å². The van der Waals surface area contributed by atoms with Gasteiger partial charge in [0, 0.05) is 12.6 Å². The molecule has 17 heavy (non-hydrogen) atoms. The lowest BCUT2D eigenvalue weighted by Gasteiger charge is -2.22. The molecule has 0 heterocycles. The molecule has 0 aromatic heterocycles. The van der Waals surface area contributed by atoms with Crippen LogP contribution in [0.2, 0.25) is 0 Å². The van der Waals surface area contributed by atoms with Crippen LogP contribution in [0.25, 0.3) is 0 Å². The van der Waals surface area contributed by atoms with Gasteiger partial charge in [-0.15, -0.1) is 0 Å². The topological polar surface area (TPSA) is 46.2 Å². The first-order valence-corrected chi connectivity index (χ1v) is 6.14. The van der Waals surface area contributed by atoms with Crippen LogP contribution in [0.4, 0.5) is 4.39 Å². The standard InChI is InChI=1S/C14H22FNO/c1-10(2)12(9-17)8-13(16)7-11-5-3-4-6-14(11)15/h3-6,10,12-13,17H,7-9,16H2,1-2H3. The van der Waals surface area contributed by atoms with Gasteiger partial charge < -0.3 is 10.8 Å². The maximum absolute atomic E-state index is 13.4. The average molecular weight is 239 g/mol. The highest BCUT2D eigenvalue weighted by atomic mass is 19.1. The second-order valence-electron chi connectivity index (χ2n) is 4.98. The van der Waals surface area contributed by atoms with E-state index in [0.29, 0.717) is 17.9 Å². The highest BCUT2D eigenvalue weighted by Gasteiger charge is 2.17. The van der Waals surface area contributed by atoms with Crippen LogP contribution in [0.5, 0.6) is 0 Å². The molecule has 3 N–H and O–H groups in total. The molecule has 1 aromatic rings. The van der Waals surface area contributed by atoms with Crippen LogP contribution < -0.4 is 5.73 Å². The Morgan fingerprint density at radius 3 is 2.47 bits per heavy atom. The Balaban J connectivity index is 2.55. The molecule has 0 spiro atoms. The summed E-state index contributed by atoms with van der Waals surface area (Å²) >= 11 is 0. The van der Waals surface area contributed by atoms with Crippen molar-refractivity contribution in [3.8, 4) is 0 Å². The summed E-state index contributed by atoms with van der Waals surface area (Å²) in [5.74, 6) is 0.386. The molecule has 0 amide bonds. The maximum Gasteiger partial charge on any atom is 0.126 e. The molecule has 96 valence electrons. The Morgan fingerprint density at radius 1 is 1.29 bits per heavy atom. The molecule has 0 aliphatic rings. The van der Waals surface area contributed by atoms with E-state index in [1.54, 1.807) is 12.1 Å². The molecule has 0 radical (unpaired) electrons. The second kappa shape index (κ2) is 6.72. The molecule has 0 saturated heterocycles. The Morgan fingerprint density at radius 2 is 1.94 bits per heavy atom. The fourth-order valence-corrected chi connectivity index (χ4v) is 1.98. The van der Waals surface area contributed by atoms with Crippen molar-refractivity contribution in [2.75, 3.05) is 6.61 Å². The third kappa shape index (κ3) is 4.44. The third-order valence-electron chi connectivity index (χ3n) is 3.22. The molecular weight excluding hydrogens is 217 g/mol. The minimum atomic E-state index is -0.201. The van der Waals surface area contributed by atoms with Crippen molar-refractivity contribution in [3.63, 3.8) is 0 Å². The quantitative estimate of drug-likeness (QED) is 0.800. The Hall–Kier alpha value is -0.930. The van der Waals surface area contributed by atoms with E-state index in [1.165, 1.54) is 6.07 Å². The molecule has 2 atom stereocenters. The summed E-state index contributed by atoms with van der Waals surface area (Å²) < 4.78 is 13.4. The SMILES string of the molecule is CC(C)C(CO)CC(N)Cc1ccccc1F. The van der Waals surface area contributed by atoms with E-state index in [1.807, 2.05) is 6.07 Å². The number of rotatable bonds is 6. The van der Waals surface area contributed by atoms with E-state index in [9.17, 15) is 9.50 Å². The molecular formula is C14H22FNO. The fraction of sp³-hybridized carbons (Fsp3) is 0.571. The third-order valence-corrected chi connectivity index (χ3v) is 3.22. The summed E-state index contributed by atoms with van der Waals surface area (Å²) in [7, 11) is 0. The van der Waals surface area contributed by atoms with Crippen LogP contribution in [-0.4, -0.2) is 17.8 Å². The lowest BCUT2D eigenvalue weighted by Crippen LogP contribution is -2.29. The second-order valence-corrected chi connectivity index (χ2v) is 4.98. The summed E-state index contributed by atoms with van der Waals surface area (Å²) in [4.78, 5) is 0. The van der Waals surface area contributed by atoms with Crippen molar-refractivity contribution in [2.45, 2.75) is 32.7 Å². The van der Waals surface area contributed by atoms with Gasteiger partial charge >= 0.3 is 0 Å². The lowest BCUT2D eigenvalue weighted by atomic mass is 9.88. The number of aliphatic hydroxyl groups is 1. The van der Waals surface area contributed by atoms with Gasteiger partial charge in [0.25, 0.3) is 0 Å². The lowest BCUT2D eigenvalue weighted by molar-refractivity contribution is 0.173. The van der Waals surface area contributed by atoms with Crippen LogP contribution in [0.1, 0.15) is 25.8 Å². The smallest absolute Gasteiger partial charge is 0.126 e. The fourth-order valence-electron chi connectivity index (χ4n) is 1.98. The monoisotopic (exact) mass is 239 g/mol. The molecule has 2 unspecified atom stereocenters. The van der Waals surface area contributed by atoms with E-state index in [2.05, 4.69) is 13.8 Å². The summed E-state index contributed by atoms with van der Waals surface area (Å²) in [6.07, 6.45) is 1.25. The van der Waals surface area contributed by atoms with Crippen molar-refractivity contribution in [3.05, 3.63) is 35.6 Å². The minimum Gasteiger partial charge on any atom is -0.396 e. The van der Waals surface area contributed by atoms with Crippen molar-refractivity contribution < 1.29 is 9.50 Å². The van der Waals surface area contributed by atoms with Crippen molar-refractivity contribution in [2.24, 2.45) is 17.6 Å². The zero-order chi connectivity index (χ0) is 12.8. The summed E-state index contributed by atoms with van der Waals surface area (Å²) in [6.45, 7) is 4.27. The van der Waals surface area contributed by atoms with Crippen LogP contribution in [0.3, 0.4) is 0 Å². The number of aliphatic hydroxyl groups excluding tert-OH is 1. The van der Waals surface area contributed by atoms with E-state index in [-0.39, 0.29) is 24.4 Å². The van der Waals surface area contributed by atoms with Crippen molar-refractivity contribution in [1.29, 1.82) is 0 Å². The average Bonchev–Trinajstić information content (AvgIpc) is 2.28. The summed E-state index contributed by atoms with van der Waals surface area (Å²) in [5.41, 5.74) is 6.66. The first kappa shape index (κ1) is 14.1. The summed E-state index contributed by atoms with van der Waals surface area (Å²) in [5, 5.41) is 9.24. The molecule has 1 aromatic carbocycles. The van der Waals surface area contributed by atoms with Crippen molar-refractivity contribution >= 4 is 0 Å². The molecule has 3 heteroatoms. The summed E-state index contributed by atoms with van der Waals surface area (Å²) in [6, 6.07) is 6.60. The molecule has 0 aliphatic carbocycles. The zero-order valence-corrected chi connectivity index (χ0v) is 10.6. The normalized spacial score (nSPS) is 14.9. The van der Waals surface area contributed by atoms with Gasteiger partial charge in [0.05, 0.1) is 0 Å².